The molecular weight excluding hydrogens is 517 g/mol. The van der Waals surface area contributed by atoms with Gasteiger partial charge in [-0.25, -0.2) is 9.37 Å². The van der Waals surface area contributed by atoms with Crippen LogP contribution in [-0.4, -0.2) is 59.8 Å². The molecule has 11 heteroatoms. The summed E-state index contributed by atoms with van der Waals surface area (Å²) in [5.74, 6) is 0.695. The Bertz CT molecular complexity index is 1630. The number of ether oxygens (including phenoxy) is 2. The van der Waals surface area contributed by atoms with Crippen molar-refractivity contribution in [2.24, 2.45) is 7.05 Å². The molecule has 0 N–H and O–H groups in total. The number of aromatic nitrogens is 2. The molecule has 40 heavy (non-hydrogen) atoms. The number of aryl methyl sites for hydroxylation is 2. The van der Waals surface area contributed by atoms with Crippen molar-refractivity contribution in [1.82, 2.24) is 14.5 Å². The van der Waals surface area contributed by atoms with Gasteiger partial charge in [0.05, 0.1) is 30.7 Å². The van der Waals surface area contributed by atoms with Crippen molar-refractivity contribution >= 4 is 22.4 Å². The Labute approximate surface area is 230 Å². The minimum Gasteiger partial charge on any atom is -0.496 e. The summed E-state index contributed by atoms with van der Waals surface area (Å²) in [4.78, 5) is 33.2. The van der Waals surface area contributed by atoms with Gasteiger partial charge in [-0.2, -0.15) is 0 Å². The molecule has 0 aliphatic carbocycles. The third-order valence-corrected chi connectivity index (χ3v) is 7.42. The van der Waals surface area contributed by atoms with Gasteiger partial charge in [0.2, 0.25) is 5.88 Å². The average Bonchev–Trinajstić information content (AvgIpc) is 2.96. The molecule has 0 amide bonds. The summed E-state index contributed by atoms with van der Waals surface area (Å²) < 4.78 is 26.1. The number of rotatable bonds is 7. The van der Waals surface area contributed by atoms with E-state index in [2.05, 4.69) is 9.88 Å². The van der Waals surface area contributed by atoms with E-state index in [1.165, 1.54) is 30.9 Å². The van der Waals surface area contributed by atoms with Crippen molar-refractivity contribution < 1.29 is 18.8 Å². The number of fused-ring (bicyclic) bond motifs is 1. The van der Waals surface area contributed by atoms with E-state index >= 15 is 0 Å². The van der Waals surface area contributed by atoms with E-state index in [0.717, 1.165) is 22.4 Å². The number of piperazine rings is 1. The maximum atomic E-state index is 13.8. The van der Waals surface area contributed by atoms with Crippen LogP contribution in [0.2, 0.25) is 0 Å². The molecule has 2 aromatic carbocycles. The Morgan fingerprint density at radius 2 is 1.70 bits per heavy atom. The SMILES string of the molecule is COc1ccc2c(n1)c(N1CCN(C(c3ccc(F)cc3)c3ccc(C)cc3OC)CC1)c([N+](=O)[O-])c(=O)n2C. The summed E-state index contributed by atoms with van der Waals surface area (Å²) in [6, 6.07) is 15.5. The molecule has 1 fully saturated rings. The number of hydrogen-bond donors (Lipinski definition) is 0. The molecule has 10 nitrogen and oxygen atoms in total. The van der Waals surface area contributed by atoms with Crippen LogP contribution in [0.3, 0.4) is 0 Å². The molecule has 1 atom stereocenters. The molecule has 0 saturated carbocycles. The summed E-state index contributed by atoms with van der Waals surface area (Å²) in [5, 5.41) is 12.2. The van der Waals surface area contributed by atoms with Gasteiger partial charge < -0.3 is 18.9 Å². The topological polar surface area (TPSA) is 103 Å². The standard InChI is InChI=1S/C29H30FN5O5/c1-18-5-10-21(23(17-18)39-3)26(19-6-8-20(30)9-7-19)33-13-15-34(16-14-33)27-25-22(11-12-24(31-25)40-4)32(2)29(36)28(27)35(37)38/h5-12,17,26H,13-16H2,1-4H3. The summed E-state index contributed by atoms with van der Waals surface area (Å²) in [5.41, 5.74) is 2.66. The highest BCUT2D eigenvalue weighted by atomic mass is 19.1. The molecule has 5 rings (SSSR count). The molecule has 0 radical (unpaired) electrons. The van der Waals surface area contributed by atoms with Crippen LogP contribution in [0.15, 0.2) is 59.4 Å². The lowest BCUT2D eigenvalue weighted by Gasteiger charge is -2.40. The zero-order valence-electron chi connectivity index (χ0n) is 22.8. The second kappa shape index (κ2) is 10.9. The third-order valence-electron chi connectivity index (χ3n) is 7.42. The minimum absolute atomic E-state index is 0.188. The van der Waals surface area contributed by atoms with Crippen LogP contribution >= 0.6 is 0 Å². The maximum absolute atomic E-state index is 13.8. The van der Waals surface area contributed by atoms with E-state index in [0.29, 0.717) is 43.1 Å². The second-order valence-electron chi connectivity index (χ2n) is 9.76. The van der Waals surface area contributed by atoms with Crippen molar-refractivity contribution in [3.8, 4) is 11.6 Å². The highest BCUT2D eigenvalue weighted by Crippen LogP contribution is 2.38. The summed E-state index contributed by atoms with van der Waals surface area (Å²) in [6.07, 6.45) is 0. The predicted molar refractivity (Wildman–Crippen MR) is 150 cm³/mol. The number of nitrogens with zero attached hydrogens (tertiary/aromatic N) is 5. The molecule has 2 aromatic heterocycles. The first-order valence-electron chi connectivity index (χ1n) is 12.8. The monoisotopic (exact) mass is 547 g/mol. The quantitative estimate of drug-likeness (QED) is 0.250. The van der Waals surface area contributed by atoms with Gasteiger partial charge in [-0.1, -0.05) is 24.3 Å². The van der Waals surface area contributed by atoms with Crippen LogP contribution in [0.1, 0.15) is 22.7 Å². The average molecular weight is 548 g/mol. The Hall–Kier alpha value is -4.51. The van der Waals surface area contributed by atoms with Crippen LogP contribution in [0.5, 0.6) is 11.6 Å². The second-order valence-corrected chi connectivity index (χ2v) is 9.76. The first kappa shape index (κ1) is 27.1. The van der Waals surface area contributed by atoms with Crippen LogP contribution in [-0.2, 0) is 7.05 Å². The number of benzene rings is 2. The lowest BCUT2D eigenvalue weighted by Crippen LogP contribution is -2.48. The van der Waals surface area contributed by atoms with E-state index in [1.807, 2.05) is 30.0 Å². The largest absolute Gasteiger partial charge is 0.496 e. The Balaban J connectivity index is 1.56. The highest BCUT2D eigenvalue weighted by Gasteiger charge is 2.34. The van der Waals surface area contributed by atoms with Gasteiger partial charge in [-0.3, -0.25) is 19.8 Å². The van der Waals surface area contributed by atoms with Crippen molar-refractivity contribution in [3.05, 3.63) is 97.6 Å². The van der Waals surface area contributed by atoms with Gasteiger partial charge in [0, 0.05) is 44.9 Å². The normalized spacial score (nSPS) is 14.8. The molecular formula is C29H30FN5O5. The van der Waals surface area contributed by atoms with Gasteiger partial charge in [0.25, 0.3) is 0 Å². The van der Waals surface area contributed by atoms with E-state index in [4.69, 9.17) is 9.47 Å². The Morgan fingerprint density at radius 3 is 2.33 bits per heavy atom. The van der Waals surface area contributed by atoms with E-state index in [1.54, 1.807) is 31.4 Å². The molecule has 1 aliphatic heterocycles. The van der Waals surface area contributed by atoms with Gasteiger partial charge in [-0.05, 0) is 42.3 Å². The van der Waals surface area contributed by atoms with Crippen molar-refractivity contribution in [2.75, 3.05) is 45.3 Å². The fourth-order valence-corrected chi connectivity index (χ4v) is 5.42. The molecule has 0 bridgehead atoms. The van der Waals surface area contributed by atoms with Gasteiger partial charge in [-0.15, -0.1) is 0 Å². The summed E-state index contributed by atoms with van der Waals surface area (Å²) in [6.45, 7) is 3.80. The number of pyridine rings is 2. The molecule has 1 unspecified atom stereocenters. The smallest absolute Gasteiger partial charge is 0.359 e. The molecule has 1 aliphatic rings. The minimum atomic E-state index is -0.699. The van der Waals surface area contributed by atoms with E-state index in [-0.39, 0.29) is 17.5 Å². The van der Waals surface area contributed by atoms with Gasteiger partial charge in [0.15, 0.2) is 5.69 Å². The van der Waals surface area contributed by atoms with Crippen molar-refractivity contribution in [2.45, 2.75) is 13.0 Å². The number of anilines is 1. The van der Waals surface area contributed by atoms with Crippen molar-refractivity contribution in [1.29, 1.82) is 0 Å². The first-order valence-corrected chi connectivity index (χ1v) is 12.8. The summed E-state index contributed by atoms with van der Waals surface area (Å²) in [7, 11) is 4.59. The number of hydrogen-bond acceptors (Lipinski definition) is 8. The lowest BCUT2D eigenvalue weighted by atomic mass is 9.94. The zero-order valence-corrected chi connectivity index (χ0v) is 22.8. The maximum Gasteiger partial charge on any atom is 0.359 e. The van der Waals surface area contributed by atoms with E-state index in [9.17, 15) is 19.3 Å². The van der Waals surface area contributed by atoms with Crippen LogP contribution < -0.4 is 19.9 Å². The predicted octanol–water partition coefficient (Wildman–Crippen LogP) is 4.22. The Kier molecular flexibility index (Phi) is 7.40. The number of halogens is 1. The van der Waals surface area contributed by atoms with Crippen LogP contribution in [0, 0.1) is 22.9 Å². The fraction of sp³-hybridized carbons (Fsp3) is 0.310. The Morgan fingerprint density at radius 1 is 1.00 bits per heavy atom. The van der Waals surface area contributed by atoms with Gasteiger partial charge >= 0.3 is 11.2 Å². The number of nitro groups is 1. The van der Waals surface area contributed by atoms with E-state index < -0.39 is 16.2 Å². The van der Waals surface area contributed by atoms with Crippen molar-refractivity contribution in [3.63, 3.8) is 0 Å². The summed E-state index contributed by atoms with van der Waals surface area (Å²) >= 11 is 0. The highest BCUT2D eigenvalue weighted by molar-refractivity contribution is 5.94. The van der Waals surface area contributed by atoms with Crippen LogP contribution in [0.25, 0.3) is 11.0 Å². The lowest BCUT2D eigenvalue weighted by molar-refractivity contribution is -0.385. The zero-order chi connectivity index (χ0) is 28.6. The molecule has 3 heterocycles. The molecule has 208 valence electrons. The fourth-order valence-electron chi connectivity index (χ4n) is 5.42. The number of methoxy groups -OCH3 is 2. The third kappa shape index (κ3) is 4.84. The molecule has 4 aromatic rings. The van der Waals surface area contributed by atoms with Crippen LogP contribution in [0.4, 0.5) is 15.8 Å². The molecule has 1 saturated heterocycles. The van der Waals surface area contributed by atoms with Gasteiger partial charge in [0.1, 0.15) is 17.1 Å². The molecule has 0 spiro atoms. The first-order chi connectivity index (χ1) is 19.2.